The number of hydrogen-bond donors (Lipinski definition) is 2. The second-order valence-corrected chi connectivity index (χ2v) is 3.74. The van der Waals surface area contributed by atoms with Gasteiger partial charge in [0, 0.05) is 12.6 Å². The number of nitriles is 1. The number of aromatic nitrogens is 2. The van der Waals surface area contributed by atoms with Crippen molar-refractivity contribution in [3.8, 4) is 6.07 Å². The number of ether oxygens (including phenoxy) is 1. The summed E-state index contributed by atoms with van der Waals surface area (Å²) in [5.41, 5.74) is 2.50. The van der Waals surface area contributed by atoms with Crippen molar-refractivity contribution in [3.05, 3.63) is 11.9 Å². The predicted molar refractivity (Wildman–Crippen MR) is 62.1 cm³/mol. The lowest BCUT2D eigenvalue weighted by molar-refractivity contribution is 0.0761. The van der Waals surface area contributed by atoms with E-state index in [9.17, 15) is 0 Å². The Balaban J connectivity index is 2.21. The standard InChI is InChI=1S/C10H14N6O/c1-7-13-9(15-12)4-10(14-7)16-2-3-17-8(5-11)6-16/h4,8H,2-3,6,12H2,1H3,(H,13,14,15). The molecule has 90 valence electrons. The first kappa shape index (κ1) is 11.6. The normalized spacial score (nSPS) is 19.8. The maximum atomic E-state index is 8.84. The summed E-state index contributed by atoms with van der Waals surface area (Å²) in [7, 11) is 0. The average molecular weight is 234 g/mol. The zero-order valence-electron chi connectivity index (χ0n) is 9.55. The molecule has 0 bridgehead atoms. The van der Waals surface area contributed by atoms with Gasteiger partial charge < -0.3 is 15.1 Å². The Morgan fingerprint density at radius 3 is 3.18 bits per heavy atom. The lowest BCUT2D eigenvalue weighted by atomic mass is 10.3. The summed E-state index contributed by atoms with van der Waals surface area (Å²) in [6.45, 7) is 3.54. The number of rotatable bonds is 2. The highest BCUT2D eigenvalue weighted by Gasteiger charge is 2.21. The molecule has 0 aromatic carbocycles. The van der Waals surface area contributed by atoms with Crippen molar-refractivity contribution in [2.45, 2.75) is 13.0 Å². The van der Waals surface area contributed by atoms with Crippen LogP contribution in [-0.4, -0.2) is 35.8 Å². The van der Waals surface area contributed by atoms with Gasteiger partial charge in [0.25, 0.3) is 0 Å². The molecule has 1 unspecified atom stereocenters. The van der Waals surface area contributed by atoms with Crippen LogP contribution in [0.25, 0.3) is 0 Å². The molecule has 2 heterocycles. The maximum Gasteiger partial charge on any atom is 0.161 e. The fraction of sp³-hybridized carbons (Fsp3) is 0.500. The minimum atomic E-state index is -0.409. The highest BCUT2D eigenvalue weighted by atomic mass is 16.5. The van der Waals surface area contributed by atoms with E-state index in [4.69, 9.17) is 15.8 Å². The second-order valence-electron chi connectivity index (χ2n) is 3.74. The lowest BCUT2D eigenvalue weighted by Gasteiger charge is -2.30. The van der Waals surface area contributed by atoms with Crippen LogP contribution in [0.15, 0.2) is 6.07 Å². The van der Waals surface area contributed by atoms with Gasteiger partial charge in [-0.15, -0.1) is 0 Å². The SMILES string of the molecule is Cc1nc(NN)cc(N2CCOC(C#N)C2)n1. The number of nitrogens with zero attached hydrogens (tertiary/aromatic N) is 4. The van der Waals surface area contributed by atoms with Crippen molar-refractivity contribution >= 4 is 11.6 Å². The van der Waals surface area contributed by atoms with Gasteiger partial charge in [-0.25, -0.2) is 15.8 Å². The van der Waals surface area contributed by atoms with Gasteiger partial charge in [0.15, 0.2) is 6.10 Å². The second kappa shape index (κ2) is 4.95. The van der Waals surface area contributed by atoms with Crippen LogP contribution >= 0.6 is 0 Å². The van der Waals surface area contributed by atoms with Crippen molar-refractivity contribution in [2.24, 2.45) is 5.84 Å². The molecule has 1 fully saturated rings. The minimum Gasteiger partial charge on any atom is -0.360 e. The zero-order chi connectivity index (χ0) is 12.3. The van der Waals surface area contributed by atoms with Crippen LogP contribution in [0, 0.1) is 18.3 Å². The molecule has 1 aromatic heterocycles. The Kier molecular flexibility index (Phi) is 3.37. The van der Waals surface area contributed by atoms with E-state index in [2.05, 4.69) is 21.5 Å². The highest BCUT2D eigenvalue weighted by molar-refractivity contribution is 5.49. The van der Waals surface area contributed by atoms with Gasteiger partial charge >= 0.3 is 0 Å². The number of anilines is 2. The van der Waals surface area contributed by atoms with Crippen molar-refractivity contribution in [2.75, 3.05) is 30.0 Å². The molecule has 7 nitrogen and oxygen atoms in total. The first-order valence-electron chi connectivity index (χ1n) is 5.31. The molecule has 1 atom stereocenters. The zero-order valence-corrected chi connectivity index (χ0v) is 9.55. The first-order valence-corrected chi connectivity index (χ1v) is 5.31. The molecular formula is C10H14N6O. The van der Waals surface area contributed by atoms with Crippen LogP contribution in [0.2, 0.25) is 0 Å². The molecule has 1 aromatic rings. The van der Waals surface area contributed by atoms with Crippen LogP contribution < -0.4 is 16.2 Å². The molecule has 0 spiro atoms. The van der Waals surface area contributed by atoms with Crippen molar-refractivity contribution in [1.82, 2.24) is 9.97 Å². The molecule has 1 aliphatic rings. The molecule has 3 N–H and O–H groups in total. The fourth-order valence-corrected chi connectivity index (χ4v) is 1.72. The van der Waals surface area contributed by atoms with Crippen molar-refractivity contribution < 1.29 is 4.74 Å². The molecule has 0 amide bonds. The molecule has 2 rings (SSSR count). The molecule has 0 aliphatic carbocycles. The van der Waals surface area contributed by atoms with Crippen LogP contribution in [-0.2, 0) is 4.74 Å². The maximum absolute atomic E-state index is 8.84. The smallest absolute Gasteiger partial charge is 0.161 e. The number of morpholine rings is 1. The summed E-state index contributed by atoms with van der Waals surface area (Å²) in [6, 6.07) is 3.86. The third-order valence-electron chi connectivity index (χ3n) is 2.51. The van der Waals surface area contributed by atoms with Crippen molar-refractivity contribution in [1.29, 1.82) is 5.26 Å². The lowest BCUT2D eigenvalue weighted by Crippen LogP contribution is -2.42. The van der Waals surface area contributed by atoms with E-state index < -0.39 is 6.10 Å². The molecule has 0 saturated carbocycles. The molecule has 0 radical (unpaired) electrons. The number of nitrogens with two attached hydrogens (primary N) is 1. The van der Waals surface area contributed by atoms with E-state index in [0.717, 1.165) is 5.82 Å². The third-order valence-corrected chi connectivity index (χ3v) is 2.51. The monoisotopic (exact) mass is 234 g/mol. The van der Waals surface area contributed by atoms with E-state index in [1.807, 2.05) is 4.90 Å². The summed E-state index contributed by atoms with van der Waals surface area (Å²) in [5.74, 6) is 7.29. The summed E-state index contributed by atoms with van der Waals surface area (Å²) < 4.78 is 5.28. The van der Waals surface area contributed by atoms with E-state index in [0.29, 0.717) is 31.3 Å². The van der Waals surface area contributed by atoms with Crippen LogP contribution in [0.3, 0.4) is 0 Å². The van der Waals surface area contributed by atoms with Gasteiger partial charge in [-0.1, -0.05) is 0 Å². The average Bonchev–Trinajstić information content (AvgIpc) is 2.38. The molecule has 1 saturated heterocycles. The van der Waals surface area contributed by atoms with Crippen LogP contribution in [0.4, 0.5) is 11.6 Å². The van der Waals surface area contributed by atoms with Crippen LogP contribution in [0.1, 0.15) is 5.82 Å². The number of nitrogens with one attached hydrogen (secondary N) is 1. The topological polar surface area (TPSA) is 100 Å². The number of aryl methyl sites for hydroxylation is 1. The number of hydrogen-bond acceptors (Lipinski definition) is 7. The van der Waals surface area contributed by atoms with Gasteiger partial charge in [0.2, 0.25) is 0 Å². The summed E-state index contributed by atoms with van der Waals surface area (Å²) in [4.78, 5) is 10.4. The summed E-state index contributed by atoms with van der Waals surface area (Å²) >= 11 is 0. The molecular weight excluding hydrogens is 220 g/mol. The third kappa shape index (κ3) is 2.61. The highest BCUT2D eigenvalue weighted by Crippen LogP contribution is 2.18. The van der Waals surface area contributed by atoms with E-state index in [-0.39, 0.29) is 0 Å². The fourth-order valence-electron chi connectivity index (χ4n) is 1.72. The number of hydrazine groups is 1. The van der Waals surface area contributed by atoms with Gasteiger partial charge in [0.05, 0.1) is 19.2 Å². The molecule has 17 heavy (non-hydrogen) atoms. The molecule has 7 heteroatoms. The quantitative estimate of drug-likeness (QED) is 0.539. The van der Waals surface area contributed by atoms with Gasteiger partial charge in [-0.3, -0.25) is 0 Å². The molecule has 1 aliphatic heterocycles. The Hall–Kier alpha value is -1.91. The van der Waals surface area contributed by atoms with E-state index in [1.54, 1.807) is 13.0 Å². The Bertz CT molecular complexity index is 443. The minimum absolute atomic E-state index is 0.409. The van der Waals surface area contributed by atoms with Gasteiger partial charge in [-0.05, 0) is 6.92 Å². The van der Waals surface area contributed by atoms with Crippen LogP contribution in [0.5, 0.6) is 0 Å². The van der Waals surface area contributed by atoms with Gasteiger partial charge in [0.1, 0.15) is 17.5 Å². The number of nitrogen functional groups attached to an aromatic ring is 1. The first-order chi connectivity index (χ1) is 8.22. The van der Waals surface area contributed by atoms with E-state index in [1.165, 1.54) is 0 Å². The summed E-state index contributed by atoms with van der Waals surface area (Å²) in [5, 5.41) is 8.84. The Morgan fingerprint density at radius 2 is 2.47 bits per heavy atom. The van der Waals surface area contributed by atoms with E-state index >= 15 is 0 Å². The largest absolute Gasteiger partial charge is 0.360 e. The Labute approximate surface area is 99.2 Å². The predicted octanol–water partition coefficient (Wildman–Crippen LogP) is -0.201. The van der Waals surface area contributed by atoms with Gasteiger partial charge in [-0.2, -0.15) is 5.26 Å². The van der Waals surface area contributed by atoms with Crippen molar-refractivity contribution in [3.63, 3.8) is 0 Å². The Morgan fingerprint density at radius 1 is 1.65 bits per heavy atom. The summed E-state index contributed by atoms with van der Waals surface area (Å²) in [6.07, 6.45) is -0.409.